The number of piperazine rings is 1. The van der Waals surface area contributed by atoms with Crippen molar-refractivity contribution in [1.82, 2.24) is 15.1 Å². The predicted molar refractivity (Wildman–Crippen MR) is 135 cm³/mol. The van der Waals surface area contributed by atoms with Crippen molar-refractivity contribution < 1.29 is 18.7 Å². The van der Waals surface area contributed by atoms with Gasteiger partial charge in [0.05, 0.1) is 7.11 Å². The van der Waals surface area contributed by atoms with Crippen molar-refractivity contribution in [2.24, 2.45) is 17.8 Å². The molecule has 0 spiro atoms. The summed E-state index contributed by atoms with van der Waals surface area (Å²) in [6, 6.07) is 4.71. The lowest BCUT2D eigenvalue weighted by atomic mass is 9.52. The molecule has 36 heavy (non-hydrogen) atoms. The molecule has 2 amide bonds. The Hall–Kier alpha value is -2.15. The monoisotopic (exact) mass is 497 g/mol. The first kappa shape index (κ1) is 24.2. The van der Waals surface area contributed by atoms with E-state index in [-0.39, 0.29) is 17.6 Å². The minimum absolute atomic E-state index is 0.0186. The second kappa shape index (κ2) is 9.30. The van der Waals surface area contributed by atoms with Gasteiger partial charge in [-0.15, -0.1) is 0 Å². The van der Waals surface area contributed by atoms with Crippen LogP contribution in [0.15, 0.2) is 18.2 Å². The first-order valence-corrected chi connectivity index (χ1v) is 14.0. The number of benzene rings is 1. The van der Waals surface area contributed by atoms with Crippen molar-refractivity contribution in [3.8, 4) is 5.75 Å². The molecule has 2 aliphatic heterocycles. The summed E-state index contributed by atoms with van der Waals surface area (Å²) in [6.45, 7) is 3.55. The molecule has 6 aliphatic rings. The molecule has 6 nitrogen and oxygen atoms in total. The Balaban J connectivity index is 1.06. The van der Waals surface area contributed by atoms with Gasteiger partial charge in [0.1, 0.15) is 11.6 Å². The maximum absolute atomic E-state index is 14.6. The number of methoxy groups -OCH3 is 1. The maximum atomic E-state index is 14.6. The molecule has 0 radical (unpaired) electrons. The van der Waals surface area contributed by atoms with E-state index >= 15 is 0 Å². The summed E-state index contributed by atoms with van der Waals surface area (Å²) < 4.78 is 19.8. The third-order valence-electron chi connectivity index (χ3n) is 10.1. The van der Waals surface area contributed by atoms with E-state index in [1.165, 1.54) is 44.6 Å². The number of nitrogens with one attached hydrogen (secondary N) is 1. The number of hydrogen-bond acceptors (Lipinski definition) is 4. The minimum atomic E-state index is -0.582. The second-order valence-corrected chi connectivity index (χ2v) is 12.5. The van der Waals surface area contributed by atoms with E-state index in [9.17, 15) is 14.0 Å². The molecule has 1 N–H and O–H groups in total. The Labute approximate surface area is 213 Å². The molecule has 4 saturated carbocycles. The Bertz CT molecular complexity index is 986. The van der Waals surface area contributed by atoms with E-state index in [1.54, 1.807) is 19.2 Å². The maximum Gasteiger partial charge on any atom is 0.222 e. The highest BCUT2D eigenvalue weighted by Gasteiger charge is 2.53. The lowest BCUT2D eigenvalue weighted by Gasteiger charge is -2.61. The Morgan fingerprint density at radius 2 is 1.75 bits per heavy atom. The molecule has 1 atom stereocenters. The number of halogens is 1. The average Bonchev–Trinajstić information content (AvgIpc) is 3.23. The molecule has 2 saturated heterocycles. The zero-order valence-corrected chi connectivity index (χ0v) is 21.6. The predicted octanol–water partition coefficient (Wildman–Crippen LogP) is 3.92. The molecule has 7 rings (SSSR count). The van der Waals surface area contributed by atoms with E-state index in [2.05, 4.69) is 10.2 Å². The highest BCUT2D eigenvalue weighted by atomic mass is 19.1. The van der Waals surface area contributed by atoms with Gasteiger partial charge in [-0.05, 0) is 99.3 Å². The molecule has 4 bridgehead atoms. The van der Waals surface area contributed by atoms with Gasteiger partial charge in [-0.2, -0.15) is 0 Å². The molecule has 4 aliphatic carbocycles. The van der Waals surface area contributed by atoms with Crippen LogP contribution in [-0.2, 0) is 16.0 Å². The van der Waals surface area contributed by atoms with Gasteiger partial charge < -0.3 is 15.0 Å². The van der Waals surface area contributed by atoms with Crippen LogP contribution >= 0.6 is 0 Å². The van der Waals surface area contributed by atoms with Crippen LogP contribution in [0.4, 0.5) is 4.39 Å². The van der Waals surface area contributed by atoms with E-state index in [0.29, 0.717) is 49.0 Å². The quantitative estimate of drug-likeness (QED) is 0.620. The van der Waals surface area contributed by atoms with Gasteiger partial charge in [0.25, 0.3) is 0 Å². The van der Waals surface area contributed by atoms with Crippen molar-refractivity contribution in [1.29, 1.82) is 0 Å². The third-order valence-corrected chi connectivity index (χ3v) is 10.1. The van der Waals surface area contributed by atoms with Crippen LogP contribution in [0.5, 0.6) is 5.75 Å². The van der Waals surface area contributed by atoms with Gasteiger partial charge in [0.2, 0.25) is 11.8 Å². The second-order valence-electron chi connectivity index (χ2n) is 12.5. The van der Waals surface area contributed by atoms with Crippen molar-refractivity contribution in [3.05, 3.63) is 29.6 Å². The molecule has 1 aromatic carbocycles. The number of hydrogen-bond donors (Lipinski definition) is 1. The van der Waals surface area contributed by atoms with Crippen molar-refractivity contribution in [2.75, 3.05) is 33.3 Å². The summed E-state index contributed by atoms with van der Waals surface area (Å²) in [5, 5.41) is 3.09. The Kier molecular flexibility index (Phi) is 6.25. The first-order valence-electron chi connectivity index (χ1n) is 14.0. The molecule has 1 aromatic rings. The van der Waals surface area contributed by atoms with Gasteiger partial charge in [0.15, 0.2) is 0 Å². The average molecular weight is 498 g/mol. The van der Waals surface area contributed by atoms with E-state index in [1.807, 2.05) is 4.90 Å². The lowest BCUT2D eigenvalue weighted by Crippen LogP contribution is -2.64. The van der Waals surface area contributed by atoms with Crippen LogP contribution in [0.2, 0.25) is 0 Å². The number of nitrogens with zero attached hydrogens (tertiary/aromatic N) is 2. The van der Waals surface area contributed by atoms with Crippen LogP contribution < -0.4 is 10.1 Å². The van der Waals surface area contributed by atoms with Crippen molar-refractivity contribution >= 4 is 11.8 Å². The van der Waals surface area contributed by atoms with Crippen LogP contribution in [0, 0.1) is 23.6 Å². The topological polar surface area (TPSA) is 61.9 Å². The number of carbonyl (C=O) groups excluding carboxylic acids is 2. The number of amides is 2. The summed E-state index contributed by atoms with van der Waals surface area (Å²) in [5.74, 6) is 3.23. The molecular weight excluding hydrogens is 457 g/mol. The number of rotatable bonds is 7. The third kappa shape index (κ3) is 4.52. The zero-order valence-electron chi connectivity index (χ0n) is 21.6. The standard InChI is InChI=1S/C29H40FN3O3/c1-36-24-2-3-25(30)23(15-24)19-28(6-4-26(34)31-28)7-5-27(35)32-8-10-33(11-9-32)29-16-20-12-21(17-29)14-22(13-20)18-29/h2-3,15,20-22H,4-14,16-19H2,1H3,(H,31,34)/t20?,21?,22?,28-,29?/m1/s1. The molecule has 0 aromatic heterocycles. The minimum Gasteiger partial charge on any atom is -0.497 e. The lowest BCUT2D eigenvalue weighted by molar-refractivity contribution is -0.139. The molecule has 196 valence electrons. The van der Waals surface area contributed by atoms with E-state index in [0.717, 1.165) is 43.9 Å². The summed E-state index contributed by atoms with van der Waals surface area (Å²) in [5.41, 5.74) is 0.345. The van der Waals surface area contributed by atoms with Crippen molar-refractivity contribution in [3.63, 3.8) is 0 Å². The van der Waals surface area contributed by atoms with Gasteiger partial charge in [-0.25, -0.2) is 4.39 Å². The molecule has 6 fully saturated rings. The molecule has 7 heteroatoms. The smallest absolute Gasteiger partial charge is 0.222 e. The van der Waals surface area contributed by atoms with Crippen LogP contribution in [0.25, 0.3) is 0 Å². The fraction of sp³-hybridized carbons (Fsp3) is 0.724. The van der Waals surface area contributed by atoms with Crippen LogP contribution in [-0.4, -0.2) is 66.0 Å². The molecule has 0 unspecified atom stereocenters. The molecular formula is C29H40FN3O3. The Morgan fingerprint density at radius 1 is 1.08 bits per heavy atom. The normalized spacial score (nSPS) is 35.8. The van der Waals surface area contributed by atoms with Gasteiger partial charge in [-0.1, -0.05) is 0 Å². The highest BCUT2D eigenvalue weighted by molar-refractivity contribution is 5.80. The summed E-state index contributed by atoms with van der Waals surface area (Å²) in [7, 11) is 1.56. The summed E-state index contributed by atoms with van der Waals surface area (Å²) >= 11 is 0. The fourth-order valence-electron chi connectivity index (χ4n) is 8.75. The largest absolute Gasteiger partial charge is 0.497 e. The van der Waals surface area contributed by atoms with Gasteiger partial charge >= 0.3 is 0 Å². The van der Waals surface area contributed by atoms with Crippen molar-refractivity contribution in [2.45, 2.75) is 81.7 Å². The Morgan fingerprint density at radius 3 is 2.33 bits per heavy atom. The zero-order chi connectivity index (χ0) is 24.9. The fourth-order valence-corrected chi connectivity index (χ4v) is 8.75. The van der Waals surface area contributed by atoms with Crippen LogP contribution in [0.3, 0.4) is 0 Å². The number of ether oxygens (including phenoxy) is 1. The molecule has 2 heterocycles. The highest BCUT2D eigenvalue weighted by Crippen LogP contribution is 2.57. The summed E-state index contributed by atoms with van der Waals surface area (Å²) in [4.78, 5) is 30.2. The van der Waals surface area contributed by atoms with Gasteiger partial charge in [-0.3, -0.25) is 14.5 Å². The van der Waals surface area contributed by atoms with Gasteiger partial charge in [0, 0.05) is 50.1 Å². The first-order chi connectivity index (χ1) is 17.4. The van der Waals surface area contributed by atoms with E-state index in [4.69, 9.17) is 4.74 Å². The number of carbonyl (C=O) groups is 2. The van der Waals surface area contributed by atoms with E-state index < -0.39 is 5.54 Å². The summed E-state index contributed by atoms with van der Waals surface area (Å²) in [6.07, 6.45) is 10.8. The van der Waals surface area contributed by atoms with Crippen LogP contribution in [0.1, 0.15) is 69.8 Å². The SMILES string of the molecule is COc1ccc(F)c(C[C@]2(CCC(=O)N3CCN(C45CC6CC(CC(C6)C4)C5)CC3)CCC(=O)N2)c1.